The van der Waals surface area contributed by atoms with Gasteiger partial charge in [-0.05, 0) is 49.7 Å². The Morgan fingerprint density at radius 2 is 1.87 bits per heavy atom. The monoisotopic (exact) mass is 566 g/mol. The molecule has 5 rings (SSSR count). The number of aliphatic hydroxyl groups is 1. The van der Waals surface area contributed by atoms with Crippen LogP contribution in [0, 0.1) is 28.9 Å². The van der Waals surface area contributed by atoms with Crippen molar-refractivity contribution in [1.82, 2.24) is 10.6 Å². The van der Waals surface area contributed by atoms with Crippen molar-refractivity contribution in [2.45, 2.75) is 88.7 Å². The van der Waals surface area contributed by atoms with Gasteiger partial charge in [0.25, 0.3) is 0 Å². The second kappa shape index (κ2) is 10.2. The van der Waals surface area contributed by atoms with Crippen LogP contribution in [0.4, 0.5) is 13.2 Å². The number of hydrogen-bond acceptors (Lipinski definition) is 5. The summed E-state index contributed by atoms with van der Waals surface area (Å²) in [7, 11) is 0. The highest BCUT2D eigenvalue weighted by Crippen LogP contribution is 2.57. The molecule has 1 saturated carbocycles. The van der Waals surface area contributed by atoms with Crippen molar-refractivity contribution in [2.24, 2.45) is 17.3 Å². The zero-order chi connectivity index (χ0) is 28.3. The number of alkyl halides is 1. The predicted octanol–water partition coefficient (Wildman–Crippen LogP) is 4.58. The van der Waals surface area contributed by atoms with Crippen LogP contribution in [0.1, 0.15) is 58.4 Å². The Morgan fingerprint density at radius 1 is 1.21 bits per heavy atom. The summed E-state index contributed by atoms with van der Waals surface area (Å²) < 4.78 is 50.4. The van der Waals surface area contributed by atoms with Gasteiger partial charge < -0.3 is 20.5 Å². The average molecular weight is 567 g/mol. The fourth-order valence-electron chi connectivity index (χ4n) is 6.88. The summed E-state index contributed by atoms with van der Waals surface area (Å²) >= 11 is 6.22. The van der Waals surface area contributed by atoms with E-state index >= 15 is 4.39 Å². The average Bonchev–Trinajstić information content (AvgIpc) is 3.32. The molecule has 0 radical (unpaired) electrons. The van der Waals surface area contributed by atoms with Gasteiger partial charge in [0.2, 0.25) is 5.91 Å². The number of aliphatic hydroxyl groups excluding tert-OH is 1. The molecule has 2 aliphatic carbocycles. The second-order valence-corrected chi connectivity index (χ2v) is 12.9. The lowest BCUT2D eigenvalue weighted by molar-refractivity contribution is -0.141. The van der Waals surface area contributed by atoms with E-state index < -0.39 is 65.1 Å². The van der Waals surface area contributed by atoms with Crippen molar-refractivity contribution >= 4 is 23.5 Å². The third-order valence-electron chi connectivity index (χ3n) is 8.57. The smallest absolute Gasteiger partial charge is 0.324 e. The van der Waals surface area contributed by atoms with Crippen molar-refractivity contribution in [2.75, 3.05) is 0 Å². The third kappa shape index (κ3) is 4.91. The lowest BCUT2D eigenvalue weighted by atomic mass is 9.60. The minimum Gasteiger partial charge on any atom is -0.425 e. The Labute approximate surface area is 231 Å². The number of halogens is 4. The van der Waals surface area contributed by atoms with Gasteiger partial charge in [-0.3, -0.25) is 9.59 Å². The summed E-state index contributed by atoms with van der Waals surface area (Å²) in [5, 5.41) is 16.2. The van der Waals surface area contributed by atoms with Gasteiger partial charge in [0.15, 0.2) is 11.6 Å². The summed E-state index contributed by atoms with van der Waals surface area (Å²) in [6.45, 7) is 5.88. The van der Waals surface area contributed by atoms with Crippen molar-refractivity contribution in [3.8, 4) is 5.75 Å². The minimum atomic E-state index is -1.73. The molecule has 10 heteroatoms. The number of esters is 1. The van der Waals surface area contributed by atoms with Gasteiger partial charge in [0, 0.05) is 35.5 Å². The van der Waals surface area contributed by atoms with Crippen molar-refractivity contribution in [3.05, 3.63) is 52.6 Å². The fraction of sp³-hybridized carbons (Fsp3) is 0.586. The molecule has 2 aliphatic heterocycles. The molecule has 0 aromatic heterocycles. The molecule has 39 heavy (non-hydrogen) atoms. The molecular weight excluding hydrogens is 533 g/mol. The summed E-state index contributed by atoms with van der Waals surface area (Å²) in [4.78, 5) is 27.9. The second-order valence-electron chi connectivity index (χ2n) is 12.4. The topological polar surface area (TPSA) is 87.7 Å². The first-order valence-electron chi connectivity index (χ1n) is 13.5. The molecule has 3 N–H and O–H groups in total. The fourth-order valence-corrected chi connectivity index (χ4v) is 7.10. The van der Waals surface area contributed by atoms with Gasteiger partial charge in [-0.1, -0.05) is 44.5 Å². The van der Waals surface area contributed by atoms with Crippen LogP contribution >= 0.6 is 11.6 Å². The zero-order valence-electron chi connectivity index (χ0n) is 22.1. The molecule has 1 aromatic rings. The standard InChI is InChI=1S/C29H34ClF3N2O4/c1-28(2,3)13-22-29(17-11-19(31)20(32)12-21(17)39-27(29)38)23(16-5-4-6-18(30)24(16)33)25(35-22)26(37)34-14-7-9-15(36)10-8-14/h4-6,11-12,14-16,22-25,35-36H,7-10,13H2,1-3H3,(H,34,37). The van der Waals surface area contributed by atoms with Crippen LogP contribution in [0.2, 0.25) is 0 Å². The van der Waals surface area contributed by atoms with Crippen molar-refractivity contribution < 1.29 is 32.6 Å². The Bertz CT molecular complexity index is 1220. The molecular formula is C29H34ClF3N2O4. The van der Waals surface area contributed by atoms with Crippen molar-refractivity contribution in [1.29, 1.82) is 0 Å². The summed E-state index contributed by atoms with van der Waals surface area (Å²) in [6.07, 6.45) is 5.05. The molecule has 1 spiro atoms. The van der Waals surface area contributed by atoms with E-state index in [1.165, 1.54) is 6.08 Å². The van der Waals surface area contributed by atoms with Crippen molar-refractivity contribution in [3.63, 3.8) is 0 Å². The number of carbonyl (C=O) groups is 2. The summed E-state index contributed by atoms with van der Waals surface area (Å²) in [5.41, 5.74) is -1.95. The third-order valence-corrected chi connectivity index (χ3v) is 8.91. The number of benzene rings is 1. The molecule has 6 nitrogen and oxygen atoms in total. The lowest BCUT2D eigenvalue weighted by Gasteiger charge is -2.40. The predicted molar refractivity (Wildman–Crippen MR) is 140 cm³/mol. The Kier molecular flexibility index (Phi) is 7.40. The van der Waals surface area contributed by atoms with Crippen LogP contribution in [0.3, 0.4) is 0 Å². The minimum absolute atomic E-state index is 0.0748. The van der Waals surface area contributed by atoms with E-state index in [2.05, 4.69) is 10.6 Å². The van der Waals surface area contributed by atoms with Gasteiger partial charge in [0.05, 0.1) is 17.2 Å². The first kappa shape index (κ1) is 28.2. The molecule has 212 valence electrons. The summed E-state index contributed by atoms with van der Waals surface area (Å²) in [5.74, 6) is -5.77. The SMILES string of the molecule is CC(C)(C)CC1NC(C(=O)NC2CCC(O)CC2)C(C2C=CC=C(Cl)C2F)C12C(=O)Oc1cc(F)c(F)cc12. The number of rotatable bonds is 4. The molecule has 2 heterocycles. The highest BCUT2D eigenvalue weighted by Gasteiger charge is 2.69. The molecule has 2 fully saturated rings. The van der Waals surface area contributed by atoms with Crippen LogP contribution in [-0.4, -0.2) is 47.4 Å². The van der Waals surface area contributed by atoms with Crippen LogP contribution < -0.4 is 15.4 Å². The van der Waals surface area contributed by atoms with Gasteiger partial charge in [0.1, 0.15) is 17.3 Å². The van der Waals surface area contributed by atoms with E-state index in [1.807, 2.05) is 20.8 Å². The van der Waals surface area contributed by atoms with Gasteiger partial charge >= 0.3 is 5.97 Å². The van der Waals surface area contributed by atoms with Crippen LogP contribution in [0.5, 0.6) is 5.75 Å². The number of nitrogens with one attached hydrogen (secondary N) is 2. The molecule has 0 bridgehead atoms. The molecule has 1 saturated heterocycles. The largest absolute Gasteiger partial charge is 0.425 e. The maximum Gasteiger partial charge on any atom is 0.324 e. The highest BCUT2D eigenvalue weighted by molar-refractivity contribution is 6.30. The van der Waals surface area contributed by atoms with E-state index in [4.69, 9.17) is 16.3 Å². The first-order valence-corrected chi connectivity index (χ1v) is 13.8. The number of carbonyl (C=O) groups excluding carboxylic acids is 2. The van der Waals surface area contributed by atoms with Crippen LogP contribution in [0.25, 0.3) is 0 Å². The number of amides is 1. The molecule has 1 amide bonds. The van der Waals surface area contributed by atoms with Gasteiger partial charge in [-0.25, -0.2) is 13.2 Å². The van der Waals surface area contributed by atoms with Crippen LogP contribution in [0.15, 0.2) is 35.4 Å². The summed E-state index contributed by atoms with van der Waals surface area (Å²) in [6, 6.07) is -0.233. The normalized spacial score (nSPS) is 36.1. The van der Waals surface area contributed by atoms with E-state index in [0.717, 1.165) is 12.1 Å². The van der Waals surface area contributed by atoms with E-state index in [9.17, 15) is 23.5 Å². The maximum absolute atomic E-state index is 15.9. The number of allylic oxidation sites excluding steroid dienone is 4. The number of ether oxygens (including phenoxy) is 1. The number of hydrogen-bond donors (Lipinski definition) is 3. The van der Waals surface area contributed by atoms with E-state index in [1.54, 1.807) is 12.2 Å². The maximum atomic E-state index is 15.9. The molecule has 6 unspecified atom stereocenters. The van der Waals surface area contributed by atoms with Crippen LogP contribution in [-0.2, 0) is 15.0 Å². The quantitative estimate of drug-likeness (QED) is 0.367. The Hall–Kier alpha value is -2.36. The molecule has 6 atom stereocenters. The molecule has 4 aliphatic rings. The van der Waals surface area contributed by atoms with Gasteiger partial charge in [-0.15, -0.1) is 0 Å². The number of fused-ring (bicyclic) bond motifs is 2. The lowest BCUT2D eigenvalue weighted by Crippen LogP contribution is -2.54. The van der Waals surface area contributed by atoms with E-state index in [-0.39, 0.29) is 27.8 Å². The Balaban J connectivity index is 1.65. The zero-order valence-corrected chi connectivity index (χ0v) is 22.9. The first-order chi connectivity index (χ1) is 18.3. The van der Waals surface area contributed by atoms with Gasteiger partial charge in [-0.2, -0.15) is 0 Å². The Morgan fingerprint density at radius 3 is 2.54 bits per heavy atom. The molecule has 1 aromatic carbocycles. The van der Waals surface area contributed by atoms with E-state index in [0.29, 0.717) is 32.1 Å². The highest BCUT2D eigenvalue weighted by atomic mass is 35.5.